The van der Waals surface area contributed by atoms with E-state index in [0.717, 1.165) is 34.9 Å². The van der Waals surface area contributed by atoms with Crippen LogP contribution in [0, 0.1) is 0 Å². The Morgan fingerprint density at radius 3 is 2.48 bits per heavy atom. The second-order valence-corrected chi connectivity index (χ2v) is 10.2. The average molecular weight is 454 g/mol. The lowest BCUT2D eigenvalue weighted by Gasteiger charge is -2.34. The highest BCUT2D eigenvalue weighted by Gasteiger charge is 2.21. The van der Waals surface area contributed by atoms with E-state index in [2.05, 4.69) is 9.62 Å². The van der Waals surface area contributed by atoms with Crippen molar-refractivity contribution in [2.24, 2.45) is 0 Å². The van der Waals surface area contributed by atoms with E-state index in [1.165, 1.54) is 11.0 Å². The van der Waals surface area contributed by atoms with Gasteiger partial charge in [-0.05, 0) is 23.8 Å². The highest BCUT2D eigenvalue weighted by molar-refractivity contribution is 7.92. The smallest absolute Gasteiger partial charge is 0.233 e. The summed E-state index contributed by atoms with van der Waals surface area (Å²) in [5.41, 5.74) is 0.802. The van der Waals surface area contributed by atoms with Gasteiger partial charge in [-0.15, -0.1) is 11.3 Å². The van der Waals surface area contributed by atoms with Gasteiger partial charge in [-0.2, -0.15) is 0 Å². The van der Waals surface area contributed by atoms with E-state index in [1.807, 2.05) is 42.5 Å². The summed E-state index contributed by atoms with van der Waals surface area (Å²) in [6.45, 7) is 3.83. The Morgan fingerprint density at radius 1 is 1.10 bits per heavy atom. The first-order valence-corrected chi connectivity index (χ1v) is 12.1. The normalized spacial score (nSPS) is 15.8. The van der Waals surface area contributed by atoms with Gasteiger partial charge in [0, 0.05) is 56.0 Å². The number of nitrogens with zero attached hydrogens (tertiary/aromatic N) is 2. The number of thiophene rings is 1. The fourth-order valence-corrected chi connectivity index (χ4v) is 5.00. The third-order valence-corrected chi connectivity index (χ3v) is 6.93. The summed E-state index contributed by atoms with van der Waals surface area (Å²) >= 11 is 7.55. The molecule has 0 bridgehead atoms. The molecule has 0 aliphatic carbocycles. The third kappa shape index (κ3) is 7.24. The first-order valence-electron chi connectivity index (χ1n) is 9.38. The highest BCUT2D eigenvalue weighted by Crippen LogP contribution is 2.23. The van der Waals surface area contributed by atoms with Crippen LogP contribution >= 0.6 is 22.9 Å². The summed E-state index contributed by atoms with van der Waals surface area (Å²) in [4.78, 5) is 17.7. The predicted octanol–water partition coefficient (Wildman–Crippen LogP) is 3.03. The maximum atomic E-state index is 12.4. The van der Waals surface area contributed by atoms with Crippen molar-refractivity contribution in [2.45, 2.75) is 13.0 Å². The number of halogens is 1. The van der Waals surface area contributed by atoms with Crippen LogP contribution in [0.25, 0.3) is 6.08 Å². The average Bonchev–Trinajstić information content (AvgIpc) is 3.12. The Balaban J connectivity index is 1.38. The first kappa shape index (κ1) is 22.0. The Hall–Kier alpha value is -1.71. The zero-order chi connectivity index (χ0) is 20.7. The van der Waals surface area contributed by atoms with E-state index in [1.54, 1.807) is 16.2 Å². The van der Waals surface area contributed by atoms with Crippen molar-refractivity contribution in [2.75, 3.05) is 32.7 Å². The summed E-state index contributed by atoms with van der Waals surface area (Å²) < 4.78 is 27.3. The molecule has 1 N–H and O–H groups in total. The minimum atomic E-state index is -3.57. The molecule has 29 heavy (non-hydrogen) atoms. The Bertz CT molecular complexity index is 937. The zero-order valence-electron chi connectivity index (χ0n) is 16.0. The highest BCUT2D eigenvalue weighted by atomic mass is 35.5. The molecule has 0 spiro atoms. The summed E-state index contributed by atoms with van der Waals surface area (Å²) in [6, 6.07) is 13.1. The lowest BCUT2D eigenvalue weighted by molar-refractivity contribution is -0.132. The molecule has 1 saturated heterocycles. The van der Waals surface area contributed by atoms with Crippen LogP contribution in [0.15, 0.2) is 47.9 Å². The zero-order valence-corrected chi connectivity index (χ0v) is 18.3. The minimum absolute atomic E-state index is 0.0291. The van der Waals surface area contributed by atoms with Crippen LogP contribution in [0.4, 0.5) is 0 Å². The molecule has 9 heteroatoms. The number of nitrogens with one attached hydrogen (secondary N) is 1. The number of benzene rings is 1. The second-order valence-electron chi connectivity index (χ2n) is 6.77. The number of sulfonamides is 1. The molecule has 0 unspecified atom stereocenters. The van der Waals surface area contributed by atoms with Crippen molar-refractivity contribution in [1.82, 2.24) is 14.5 Å². The van der Waals surface area contributed by atoms with Crippen LogP contribution in [0.2, 0.25) is 4.34 Å². The molecule has 2 heterocycles. The lowest BCUT2D eigenvalue weighted by Crippen LogP contribution is -2.48. The molecule has 1 fully saturated rings. The van der Waals surface area contributed by atoms with Gasteiger partial charge in [-0.3, -0.25) is 9.69 Å². The number of piperazine rings is 1. The quantitative estimate of drug-likeness (QED) is 0.667. The number of amides is 1. The third-order valence-electron chi connectivity index (χ3n) is 4.61. The molecule has 156 valence electrons. The minimum Gasteiger partial charge on any atom is -0.340 e. The fraction of sp³-hybridized carbons (Fsp3) is 0.350. The molecule has 1 aliphatic rings. The molecule has 1 aliphatic heterocycles. The summed E-state index contributed by atoms with van der Waals surface area (Å²) in [5.74, 6) is -0.0291. The summed E-state index contributed by atoms with van der Waals surface area (Å²) in [7, 11) is -3.57. The van der Waals surface area contributed by atoms with Crippen molar-refractivity contribution < 1.29 is 13.2 Å². The SMILES string of the molecule is O=C(CCNS(=O)(=O)/C=C/c1ccccc1)N1CCN(Cc2ccc(Cl)s2)CC1. The maximum absolute atomic E-state index is 12.4. The first-order chi connectivity index (χ1) is 13.9. The van der Waals surface area contributed by atoms with Gasteiger partial charge in [0.05, 0.1) is 4.34 Å². The van der Waals surface area contributed by atoms with Crippen LogP contribution in [-0.2, 0) is 21.4 Å². The number of carbonyl (C=O) groups excluding carboxylic acids is 1. The van der Waals surface area contributed by atoms with Crippen LogP contribution in [0.3, 0.4) is 0 Å². The lowest BCUT2D eigenvalue weighted by atomic mass is 10.2. The standard InChI is InChI=1S/C20H24ClN3O3S2/c21-19-7-6-18(28-19)16-23-11-13-24(14-12-23)20(25)8-10-22-29(26,27)15-9-17-4-2-1-3-5-17/h1-7,9,15,22H,8,10-14,16H2/b15-9+. The Morgan fingerprint density at radius 2 is 1.83 bits per heavy atom. The molecule has 3 rings (SSSR count). The molecule has 1 amide bonds. The van der Waals surface area contributed by atoms with E-state index < -0.39 is 10.0 Å². The molecule has 2 aromatic rings. The van der Waals surface area contributed by atoms with E-state index in [0.29, 0.717) is 13.1 Å². The molecule has 0 radical (unpaired) electrons. The van der Waals surface area contributed by atoms with Crippen LogP contribution in [0.1, 0.15) is 16.9 Å². The molecular formula is C20H24ClN3O3S2. The number of rotatable bonds is 8. The monoisotopic (exact) mass is 453 g/mol. The van der Waals surface area contributed by atoms with Crippen molar-refractivity contribution in [1.29, 1.82) is 0 Å². The number of hydrogen-bond donors (Lipinski definition) is 1. The van der Waals surface area contributed by atoms with Gasteiger partial charge >= 0.3 is 0 Å². The molecule has 0 atom stereocenters. The Kier molecular flexibility index (Phi) is 7.85. The Labute approximate surface area is 180 Å². The molecule has 1 aromatic carbocycles. The molecular weight excluding hydrogens is 430 g/mol. The fourth-order valence-electron chi connectivity index (χ4n) is 3.05. The van der Waals surface area contributed by atoms with Crippen molar-refractivity contribution in [3.8, 4) is 0 Å². The molecule has 1 aromatic heterocycles. The molecule has 0 saturated carbocycles. The maximum Gasteiger partial charge on any atom is 0.233 e. The van der Waals surface area contributed by atoms with E-state index in [-0.39, 0.29) is 18.9 Å². The van der Waals surface area contributed by atoms with E-state index >= 15 is 0 Å². The van der Waals surface area contributed by atoms with Gasteiger partial charge in [0.1, 0.15) is 0 Å². The summed E-state index contributed by atoms with van der Waals surface area (Å²) in [5, 5.41) is 1.13. The predicted molar refractivity (Wildman–Crippen MR) is 118 cm³/mol. The number of hydrogen-bond acceptors (Lipinski definition) is 5. The second kappa shape index (κ2) is 10.4. The van der Waals surface area contributed by atoms with Gasteiger partial charge in [-0.1, -0.05) is 41.9 Å². The largest absolute Gasteiger partial charge is 0.340 e. The van der Waals surface area contributed by atoms with Crippen LogP contribution in [0.5, 0.6) is 0 Å². The van der Waals surface area contributed by atoms with E-state index in [4.69, 9.17) is 11.6 Å². The van der Waals surface area contributed by atoms with Crippen molar-refractivity contribution in [3.63, 3.8) is 0 Å². The van der Waals surface area contributed by atoms with Gasteiger partial charge in [0.15, 0.2) is 0 Å². The van der Waals surface area contributed by atoms with E-state index in [9.17, 15) is 13.2 Å². The van der Waals surface area contributed by atoms with Gasteiger partial charge in [0.25, 0.3) is 0 Å². The van der Waals surface area contributed by atoms with Gasteiger partial charge in [0.2, 0.25) is 15.9 Å². The van der Waals surface area contributed by atoms with Crippen molar-refractivity contribution in [3.05, 3.63) is 62.6 Å². The van der Waals surface area contributed by atoms with Gasteiger partial charge < -0.3 is 4.90 Å². The van der Waals surface area contributed by atoms with Gasteiger partial charge in [-0.25, -0.2) is 13.1 Å². The van der Waals surface area contributed by atoms with Crippen molar-refractivity contribution >= 4 is 44.9 Å². The topological polar surface area (TPSA) is 69.7 Å². The van der Waals surface area contributed by atoms with Crippen LogP contribution in [-0.4, -0.2) is 56.8 Å². The van der Waals surface area contributed by atoms with Crippen LogP contribution < -0.4 is 4.72 Å². The number of carbonyl (C=O) groups is 1. The molecule has 6 nitrogen and oxygen atoms in total. The summed E-state index contributed by atoms with van der Waals surface area (Å²) in [6.07, 6.45) is 1.68.